The smallest absolute Gasteiger partial charge is 0.323 e. The molecule has 2 aliphatic rings. The fourth-order valence-electron chi connectivity index (χ4n) is 5.59. The van der Waals surface area contributed by atoms with Gasteiger partial charge in [0.1, 0.15) is 27.8 Å². The second-order valence-electron chi connectivity index (χ2n) is 10.9. The molecule has 0 spiro atoms. The van der Waals surface area contributed by atoms with E-state index in [1.165, 1.54) is 14.2 Å². The molecule has 0 aliphatic carbocycles. The van der Waals surface area contributed by atoms with Gasteiger partial charge in [0.25, 0.3) is 0 Å². The third-order valence-electron chi connectivity index (χ3n) is 7.64. The summed E-state index contributed by atoms with van der Waals surface area (Å²) in [5, 5.41) is -3.49. The number of hydrogen-bond donors (Lipinski definition) is 1. The van der Waals surface area contributed by atoms with Crippen LogP contribution in [0.5, 0.6) is 11.5 Å². The van der Waals surface area contributed by atoms with Gasteiger partial charge in [0.05, 0.1) is 45.6 Å². The van der Waals surface area contributed by atoms with Crippen LogP contribution in [0.3, 0.4) is 0 Å². The summed E-state index contributed by atoms with van der Waals surface area (Å²) < 4.78 is 17.0. The van der Waals surface area contributed by atoms with E-state index in [1.807, 2.05) is 18.7 Å². The molecule has 0 saturated carbocycles. The summed E-state index contributed by atoms with van der Waals surface area (Å²) in [5.74, 6) is 0.154. The summed E-state index contributed by atoms with van der Waals surface area (Å²) in [5.41, 5.74) is 7.33. The number of piperidine rings is 1. The number of fused-ring (bicyclic) bond motifs is 3. The lowest BCUT2D eigenvalue weighted by molar-refractivity contribution is -0.161. The lowest BCUT2D eigenvalue weighted by Gasteiger charge is -2.64. The first-order chi connectivity index (χ1) is 16.6. The van der Waals surface area contributed by atoms with Crippen molar-refractivity contribution >= 4 is 64.0 Å². The van der Waals surface area contributed by atoms with Crippen LogP contribution >= 0.6 is 0 Å². The van der Waals surface area contributed by atoms with E-state index in [0.29, 0.717) is 24.4 Å². The molecule has 0 bridgehead atoms. The quantitative estimate of drug-likeness (QED) is 0.405. The predicted molar refractivity (Wildman–Crippen MR) is 147 cm³/mol. The number of methoxy groups -OCH3 is 2. The average molecular weight is 477 g/mol. The van der Waals surface area contributed by atoms with Gasteiger partial charge >= 0.3 is 5.97 Å². The Bertz CT molecular complexity index is 1000. The van der Waals surface area contributed by atoms with E-state index in [9.17, 15) is 4.79 Å². The van der Waals surface area contributed by atoms with Gasteiger partial charge in [-0.05, 0) is 34.7 Å². The fourth-order valence-corrected chi connectivity index (χ4v) is 5.59. The number of carbonyl (C=O) groups excluding carboxylic acids is 1. The number of carbonyl (C=O) groups is 1. The second kappa shape index (κ2) is 10.4. The molecule has 12 heteroatoms. The van der Waals surface area contributed by atoms with E-state index < -0.39 is 34.7 Å². The zero-order chi connectivity index (χ0) is 27.3. The van der Waals surface area contributed by atoms with Gasteiger partial charge in [-0.2, -0.15) is 0 Å². The number of nitrogens with two attached hydrogens (primary N) is 1. The monoisotopic (exact) mass is 478 g/mol. The number of rotatable bonds is 7. The minimum absolute atomic E-state index is 0.0699. The summed E-state index contributed by atoms with van der Waals surface area (Å²) in [6, 6.07) is -1.25. The summed E-state index contributed by atoms with van der Waals surface area (Å²) in [7, 11) is 42.7. The van der Waals surface area contributed by atoms with Gasteiger partial charge in [-0.25, -0.2) is 0 Å². The van der Waals surface area contributed by atoms with Gasteiger partial charge < -0.3 is 24.8 Å². The topological polar surface area (TPSA) is 74.0 Å². The Labute approximate surface area is 224 Å². The lowest BCUT2D eigenvalue weighted by atomic mass is 9.28. The van der Waals surface area contributed by atoms with Crippen molar-refractivity contribution in [2.75, 3.05) is 20.8 Å². The van der Waals surface area contributed by atoms with Gasteiger partial charge in [-0.15, -0.1) is 0 Å². The van der Waals surface area contributed by atoms with Crippen molar-refractivity contribution in [1.29, 1.82) is 0 Å². The molecule has 0 amide bonds. The van der Waals surface area contributed by atoms with Crippen molar-refractivity contribution in [3.05, 3.63) is 11.1 Å². The van der Waals surface area contributed by atoms with Crippen LogP contribution in [0, 0.1) is 17.8 Å². The molecule has 3 unspecified atom stereocenters. The Morgan fingerprint density at radius 1 is 1.06 bits per heavy atom. The minimum Gasteiger partial charge on any atom is -0.494 e. The first-order valence-electron chi connectivity index (χ1n) is 12.3. The number of esters is 1. The maximum atomic E-state index is 12.9. The van der Waals surface area contributed by atoms with Crippen molar-refractivity contribution in [2.24, 2.45) is 23.5 Å². The average Bonchev–Trinajstić information content (AvgIpc) is 2.78. The molecular formula is C24H32B6N2O4. The summed E-state index contributed by atoms with van der Waals surface area (Å²) in [4.78, 5) is 14.7. The first-order valence-corrected chi connectivity index (χ1v) is 12.3. The van der Waals surface area contributed by atoms with Gasteiger partial charge in [-0.1, -0.05) is 43.8 Å². The Morgan fingerprint density at radius 2 is 1.61 bits per heavy atom. The zero-order valence-electron chi connectivity index (χ0n) is 22.2. The Morgan fingerprint density at radius 3 is 2.11 bits per heavy atom. The van der Waals surface area contributed by atoms with Gasteiger partial charge in [0, 0.05) is 24.9 Å². The molecule has 2 heterocycles. The Balaban J connectivity index is 2.20. The molecule has 4 atom stereocenters. The largest absolute Gasteiger partial charge is 0.494 e. The van der Waals surface area contributed by atoms with Crippen LogP contribution in [0.15, 0.2) is 0 Å². The van der Waals surface area contributed by atoms with E-state index in [-0.39, 0.29) is 39.8 Å². The van der Waals surface area contributed by atoms with Gasteiger partial charge in [0.15, 0.2) is 11.5 Å². The van der Waals surface area contributed by atoms with Crippen LogP contribution in [0.2, 0.25) is 0 Å². The Hall–Kier alpha value is -1.40. The second-order valence-corrected chi connectivity index (χ2v) is 10.9. The third kappa shape index (κ3) is 4.66. The normalized spacial score (nSPS) is 25.6. The number of benzene rings is 1. The van der Waals surface area contributed by atoms with Crippen LogP contribution in [0.4, 0.5) is 0 Å². The molecule has 180 valence electrons. The van der Waals surface area contributed by atoms with E-state index >= 15 is 0 Å². The number of ether oxygens (including phenoxy) is 3. The maximum absolute atomic E-state index is 12.9. The molecule has 3 rings (SSSR count). The molecule has 2 N–H and O–H groups in total. The standard InChI is InChI=1S/C24H32B6N2O4/c1-10(2)7-12-9-32-13(8-14(12)36-22(33)19(31)11(3)4)15-16(23(27,28)24(32,29)30)18(26)21(35-6)20(34-5)17(15)25/h10-14,19H,7-9,31H2,1-6H3/t12?,13?,14?,19-/m0/s1. The molecule has 0 aromatic heterocycles. The van der Waals surface area contributed by atoms with Crippen molar-refractivity contribution in [3.8, 4) is 11.5 Å². The highest BCUT2D eigenvalue weighted by molar-refractivity contribution is 6.56. The van der Waals surface area contributed by atoms with Crippen LogP contribution < -0.4 is 26.1 Å². The van der Waals surface area contributed by atoms with E-state index in [1.54, 1.807) is 0 Å². The molecular weight excluding hydrogens is 445 g/mol. The lowest BCUT2D eigenvalue weighted by Crippen LogP contribution is -2.72. The summed E-state index contributed by atoms with van der Waals surface area (Å²) in [6.07, 6.45) is 0.630. The molecule has 6 nitrogen and oxygen atoms in total. The molecule has 2 aliphatic heterocycles. The van der Waals surface area contributed by atoms with E-state index in [2.05, 4.69) is 13.8 Å². The summed E-state index contributed by atoms with van der Waals surface area (Å²) >= 11 is 0. The highest BCUT2D eigenvalue weighted by Crippen LogP contribution is 2.50. The van der Waals surface area contributed by atoms with Crippen LogP contribution in [0.25, 0.3) is 0 Å². The minimum atomic E-state index is -1.79. The van der Waals surface area contributed by atoms with Crippen molar-refractivity contribution < 1.29 is 19.0 Å². The van der Waals surface area contributed by atoms with Crippen molar-refractivity contribution in [2.45, 2.75) is 69.3 Å². The van der Waals surface area contributed by atoms with Crippen LogP contribution in [-0.4, -0.2) is 96.2 Å². The SMILES string of the molecule is [B]c1c(OC)c(OC)c([B])c2c1C1CC(OC(=O)[C@@H](N)C(C)C)C(CC(C)C)CN1C([B])([B])C2([B])[B]. The third-order valence-corrected chi connectivity index (χ3v) is 7.64. The van der Waals surface area contributed by atoms with Gasteiger partial charge in [-0.3, -0.25) is 4.79 Å². The molecule has 1 saturated heterocycles. The van der Waals surface area contributed by atoms with E-state index in [4.69, 9.17) is 67.0 Å². The van der Waals surface area contributed by atoms with Crippen molar-refractivity contribution in [1.82, 2.24) is 4.90 Å². The van der Waals surface area contributed by atoms with Crippen molar-refractivity contribution in [3.63, 3.8) is 0 Å². The Kier molecular flexibility index (Phi) is 8.42. The first kappa shape index (κ1) is 29.2. The molecule has 1 fully saturated rings. The highest BCUT2D eigenvalue weighted by Gasteiger charge is 2.54. The van der Waals surface area contributed by atoms with Crippen LogP contribution in [-0.2, 0) is 14.7 Å². The number of hydrogen-bond acceptors (Lipinski definition) is 6. The van der Waals surface area contributed by atoms with Gasteiger partial charge in [0.2, 0.25) is 0 Å². The fraction of sp³-hybridized carbons (Fsp3) is 0.708. The predicted octanol–water partition coefficient (Wildman–Crippen LogP) is -0.910. The molecule has 36 heavy (non-hydrogen) atoms. The van der Waals surface area contributed by atoms with Crippen LogP contribution in [0.1, 0.15) is 57.7 Å². The maximum Gasteiger partial charge on any atom is 0.323 e. The highest BCUT2D eigenvalue weighted by atomic mass is 16.5. The molecule has 12 radical (unpaired) electrons. The number of nitrogens with zero attached hydrogens (tertiary/aromatic N) is 1. The van der Waals surface area contributed by atoms with E-state index in [0.717, 1.165) is 6.42 Å². The molecule has 1 aromatic rings. The molecule has 1 aromatic carbocycles. The zero-order valence-corrected chi connectivity index (χ0v) is 22.2. The summed E-state index contributed by atoms with van der Waals surface area (Å²) in [6.45, 7) is 8.31.